The predicted molar refractivity (Wildman–Crippen MR) is 83.4 cm³/mol. The molecule has 3 rings (SSSR count). The fraction of sp³-hybridized carbons (Fsp3) is 0.0588. The third-order valence-electron chi connectivity index (χ3n) is 3.31. The molecular formula is C17H14FN3O. The SMILES string of the molecule is O=C(C=Cc1ccc(F)cc1)NCc1cccc2cn[nH]c12. The number of para-hydroxylation sites is 1. The van der Waals surface area contributed by atoms with Crippen LogP contribution in [0, 0.1) is 5.82 Å². The molecule has 2 N–H and O–H groups in total. The summed E-state index contributed by atoms with van der Waals surface area (Å²) < 4.78 is 12.8. The molecule has 5 heteroatoms. The molecule has 0 aliphatic heterocycles. The van der Waals surface area contributed by atoms with E-state index in [9.17, 15) is 9.18 Å². The number of hydrogen-bond acceptors (Lipinski definition) is 2. The number of benzene rings is 2. The van der Waals surface area contributed by atoms with Gasteiger partial charge in [-0.2, -0.15) is 5.10 Å². The number of nitrogens with zero attached hydrogens (tertiary/aromatic N) is 1. The maximum absolute atomic E-state index is 12.8. The van der Waals surface area contributed by atoms with E-state index in [2.05, 4.69) is 15.5 Å². The second-order valence-electron chi connectivity index (χ2n) is 4.85. The molecule has 3 aromatic rings. The lowest BCUT2D eigenvalue weighted by molar-refractivity contribution is -0.116. The van der Waals surface area contributed by atoms with Gasteiger partial charge >= 0.3 is 0 Å². The van der Waals surface area contributed by atoms with E-state index in [1.165, 1.54) is 18.2 Å². The van der Waals surface area contributed by atoms with Gasteiger partial charge in [0.15, 0.2) is 0 Å². The Balaban J connectivity index is 1.62. The molecule has 0 saturated heterocycles. The van der Waals surface area contributed by atoms with Crippen LogP contribution in [-0.2, 0) is 11.3 Å². The minimum atomic E-state index is -0.297. The lowest BCUT2D eigenvalue weighted by Crippen LogP contribution is -2.20. The van der Waals surface area contributed by atoms with Gasteiger partial charge in [-0.05, 0) is 29.3 Å². The summed E-state index contributed by atoms with van der Waals surface area (Å²) in [5.41, 5.74) is 2.66. The van der Waals surface area contributed by atoms with Gasteiger partial charge in [-0.1, -0.05) is 30.3 Å². The molecule has 0 aliphatic carbocycles. The Kier molecular flexibility index (Phi) is 3.96. The second-order valence-corrected chi connectivity index (χ2v) is 4.85. The van der Waals surface area contributed by atoms with Crippen molar-refractivity contribution in [3.05, 3.63) is 71.7 Å². The number of aromatic nitrogens is 2. The fourth-order valence-corrected chi connectivity index (χ4v) is 2.16. The molecule has 22 heavy (non-hydrogen) atoms. The van der Waals surface area contributed by atoms with Crippen LogP contribution in [0.4, 0.5) is 4.39 Å². The highest BCUT2D eigenvalue weighted by molar-refractivity contribution is 5.92. The summed E-state index contributed by atoms with van der Waals surface area (Å²) in [6, 6.07) is 11.8. The van der Waals surface area contributed by atoms with Crippen molar-refractivity contribution in [3.8, 4) is 0 Å². The van der Waals surface area contributed by atoms with Gasteiger partial charge in [0, 0.05) is 18.0 Å². The van der Waals surface area contributed by atoms with Crippen molar-refractivity contribution in [1.29, 1.82) is 0 Å². The molecule has 4 nitrogen and oxygen atoms in total. The van der Waals surface area contributed by atoms with Crippen molar-refractivity contribution in [3.63, 3.8) is 0 Å². The van der Waals surface area contributed by atoms with E-state index < -0.39 is 0 Å². The summed E-state index contributed by atoms with van der Waals surface area (Å²) in [5, 5.41) is 10.7. The first-order valence-electron chi connectivity index (χ1n) is 6.85. The molecular weight excluding hydrogens is 281 g/mol. The number of hydrogen-bond donors (Lipinski definition) is 2. The first-order valence-corrected chi connectivity index (χ1v) is 6.85. The number of aromatic amines is 1. The van der Waals surface area contributed by atoms with E-state index in [0.717, 1.165) is 22.0 Å². The lowest BCUT2D eigenvalue weighted by atomic mass is 10.1. The van der Waals surface area contributed by atoms with Crippen molar-refractivity contribution < 1.29 is 9.18 Å². The highest BCUT2D eigenvalue weighted by Gasteiger charge is 2.03. The molecule has 0 unspecified atom stereocenters. The van der Waals surface area contributed by atoms with Crippen LogP contribution in [0.5, 0.6) is 0 Å². The Labute approximate surface area is 126 Å². The molecule has 0 bridgehead atoms. The molecule has 1 heterocycles. The topological polar surface area (TPSA) is 57.8 Å². The van der Waals surface area contributed by atoms with Crippen LogP contribution in [0.2, 0.25) is 0 Å². The molecule has 0 spiro atoms. The van der Waals surface area contributed by atoms with Gasteiger partial charge in [0.2, 0.25) is 5.91 Å². The Bertz CT molecular complexity index is 821. The number of nitrogens with one attached hydrogen (secondary N) is 2. The maximum Gasteiger partial charge on any atom is 0.244 e. The summed E-state index contributed by atoms with van der Waals surface area (Å²) in [4.78, 5) is 11.8. The molecule has 0 atom stereocenters. The van der Waals surface area contributed by atoms with Crippen LogP contribution >= 0.6 is 0 Å². The van der Waals surface area contributed by atoms with Crippen molar-refractivity contribution >= 4 is 22.9 Å². The number of carbonyl (C=O) groups is 1. The van der Waals surface area contributed by atoms with Crippen molar-refractivity contribution in [2.45, 2.75) is 6.54 Å². The van der Waals surface area contributed by atoms with E-state index in [4.69, 9.17) is 0 Å². The standard InChI is InChI=1S/C17H14FN3O/c18-15-7-4-12(5-8-15)6-9-16(22)19-10-13-2-1-3-14-11-20-21-17(13)14/h1-9,11H,10H2,(H,19,22)(H,20,21). The van der Waals surface area contributed by atoms with Crippen molar-refractivity contribution in [1.82, 2.24) is 15.5 Å². The molecule has 0 saturated carbocycles. The Morgan fingerprint density at radius 2 is 2.05 bits per heavy atom. The number of rotatable bonds is 4. The summed E-state index contributed by atoms with van der Waals surface area (Å²) in [7, 11) is 0. The minimum Gasteiger partial charge on any atom is -0.348 e. The fourth-order valence-electron chi connectivity index (χ4n) is 2.16. The van der Waals surface area contributed by atoms with Crippen molar-refractivity contribution in [2.24, 2.45) is 0 Å². The number of amides is 1. The molecule has 110 valence electrons. The van der Waals surface area contributed by atoms with Gasteiger partial charge in [0.1, 0.15) is 5.82 Å². The van der Waals surface area contributed by atoms with Gasteiger partial charge in [-0.15, -0.1) is 0 Å². The first kappa shape index (κ1) is 14.0. The Morgan fingerprint density at radius 3 is 2.86 bits per heavy atom. The molecule has 1 aromatic heterocycles. The number of halogens is 1. The number of fused-ring (bicyclic) bond motifs is 1. The number of carbonyl (C=O) groups excluding carboxylic acids is 1. The van der Waals surface area contributed by atoms with Gasteiger partial charge in [-0.25, -0.2) is 4.39 Å². The zero-order valence-electron chi connectivity index (χ0n) is 11.7. The van der Waals surface area contributed by atoms with Crippen molar-refractivity contribution in [2.75, 3.05) is 0 Å². The highest BCUT2D eigenvalue weighted by atomic mass is 19.1. The van der Waals surface area contributed by atoms with Crippen LogP contribution < -0.4 is 5.32 Å². The molecule has 0 aliphatic rings. The number of H-pyrrole nitrogens is 1. The zero-order chi connectivity index (χ0) is 15.4. The normalized spacial score (nSPS) is 11.1. The van der Waals surface area contributed by atoms with Gasteiger partial charge in [-0.3, -0.25) is 9.89 Å². The average molecular weight is 295 g/mol. The Morgan fingerprint density at radius 1 is 1.23 bits per heavy atom. The van der Waals surface area contributed by atoms with E-state index in [0.29, 0.717) is 6.54 Å². The van der Waals surface area contributed by atoms with Gasteiger partial charge in [0.05, 0.1) is 11.7 Å². The average Bonchev–Trinajstić information content (AvgIpc) is 3.01. The smallest absolute Gasteiger partial charge is 0.244 e. The molecule has 1 amide bonds. The van der Waals surface area contributed by atoms with Gasteiger partial charge < -0.3 is 5.32 Å². The summed E-state index contributed by atoms with van der Waals surface area (Å²) >= 11 is 0. The van der Waals surface area contributed by atoms with E-state index in [1.807, 2.05) is 18.2 Å². The van der Waals surface area contributed by atoms with E-state index >= 15 is 0 Å². The van der Waals surface area contributed by atoms with E-state index in [1.54, 1.807) is 24.4 Å². The predicted octanol–water partition coefficient (Wildman–Crippen LogP) is 3.03. The van der Waals surface area contributed by atoms with E-state index in [-0.39, 0.29) is 11.7 Å². The quantitative estimate of drug-likeness (QED) is 0.727. The third-order valence-corrected chi connectivity index (χ3v) is 3.31. The van der Waals surface area contributed by atoms with Crippen LogP contribution in [0.15, 0.2) is 54.7 Å². The van der Waals surface area contributed by atoms with Crippen LogP contribution in [0.3, 0.4) is 0 Å². The highest BCUT2D eigenvalue weighted by Crippen LogP contribution is 2.15. The Hall–Kier alpha value is -2.95. The second kappa shape index (κ2) is 6.22. The molecule has 0 fully saturated rings. The first-order chi connectivity index (χ1) is 10.7. The lowest BCUT2D eigenvalue weighted by Gasteiger charge is -2.03. The zero-order valence-corrected chi connectivity index (χ0v) is 11.7. The maximum atomic E-state index is 12.8. The van der Waals surface area contributed by atoms with Crippen LogP contribution in [0.25, 0.3) is 17.0 Å². The summed E-state index contributed by atoms with van der Waals surface area (Å²) in [6.45, 7) is 0.409. The monoisotopic (exact) mass is 295 g/mol. The third kappa shape index (κ3) is 3.20. The van der Waals surface area contributed by atoms with Crippen LogP contribution in [-0.4, -0.2) is 16.1 Å². The summed E-state index contributed by atoms with van der Waals surface area (Å²) in [5.74, 6) is -0.505. The summed E-state index contributed by atoms with van der Waals surface area (Å²) in [6.07, 6.45) is 4.82. The van der Waals surface area contributed by atoms with Gasteiger partial charge in [0.25, 0.3) is 0 Å². The largest absolute Gasteiger partial charge is 0.348 e. The minimum absolute atomic E-state index is 0.208. The molecule has 2 aromatic carbocycles. The molecule has 0 radical (unpaired) electrons. The van der Waals surface area contributed by atoms with Crippen LogP contribution in [0.1, 0.15) is 11.1 Å².